The number of nitrogens with one attached hydrogen (secondary N) is 1. The van der Waals surface area contributed by atoms with Crippen molar-refractivity contribution in [2.45, 2.75) is 37.3 Å². The van der Waals surface area contributed by atoms with E-state index in [9.17, 15) is 5.11 Å². The SMILES string of the molecule is CNC1(CO)CCCC(n2cc(-c3ccccc3)cn2)C1. The largest absolute Gasteiger partial charge is 0.394 e. The molecule has 2 aromatic rings. The van der Waals surface area contributed by atoms with Gasteiger partial charge in [-0.15, -0.1) is 0 Å². The number of aliphatic hydroxyl groups is 1. The minimum atomic E-state index is -0.151. The second-order valence-electron chi connectivity index (χ2n) is 6.01. The molecule has 1 saturated carbocycles. The van der Waals surface area contributed by atoms with Crippen molar-refractivity contribution in [2.75, 3.05) is 13.7 Å². The molecule has 0 aliphatic heterocycles. The topological polar surface area (TPSA) is 50.1 Å². The lowest BCUT2D eigenvalue weighted by molar-refractivity contribution is 0.101. The zero-order valence-electron chi connectivity index (χ0n) is 12.5. The minimum Gasteiger partial charge on any atom is -0.394 e. The van der Waals surface area contributed by atoms with E-state index in [4.69, 9.17) is 0 Å². The number of aliphatic hydroxyl groups excluding tert-OH is 1. The van der Waals surface area contributed by atoms with Crippen molar-refractivity contribution in [3.63, 3.8) is 0 Å². The fourth-order valence-corrected chi connectivity index (χ4v) is 3.32. The van der Waals surface area contributed by atoms with Crippen LogP contribution in [-0.2, 0) is 0 Å². The molecule has 1 aliphatic carbocycles. The van der Waals surface area contributed by atoms with Crippen LogP contribution in [0.2, 0.25) is 0 Å². The first-order valence-corrected chi connectivity index (χ1v) is 7.66. The fraction of sp³-hybridized carbons (Fsp3) is 0.471. The Labute approximate surface area is 125 Å². The number of rotatable bonds is 4. The summed E-state index contributed by atoms with van der Waals surface area (Å²) < 4.78 is 2.07. The number of aromatic nitrogens is 2. The highest BCUT2D eigenvalue weighted by Crippen LogP contribution is 2.35. The van der Waals surface area contributed by atoms with Gasteiger partial charge in [-0.2, -0.15) is 5.10 Å². The summed E-state index contributed by atoms with van der Waals surface area (Å²) in [5.41, 5.74) is 2.20. The maximum atomic E-state index is 9.70. The molecule has 0 saturated heterocycles. The monoisotopic (exact) mass is 285 g/mol. The maximum Gasteiger partial charge on any atom is 0.0614 e. The van der Waals surface area contributed by atoms with Gasteiger partial charge < -0.3 is 10.4 Å². The first-order chi connectivity index (χ1) is 10.3. The van der Waals surface area contributed by atoms with E-state index in [0.29, 0.717) is 6.04 Å². The standard InChI is InChI=1S/C17H23N3O/c1-18-17(13-21)9-5-8-16(10-17)20-12-15(11-19-20)14-6-3-2-4-7-14/h2-4,6-7,11-12,16,18,21H,5,8-10,13H2,1H3. The summed E-state index contributed by atoms with van der Waals surface area (Å²) in [5.74, 6) is 0. The van der Waals surface area contributed by atoms with Gasteiger partial charge in [0.05, 0.1) is 18.8 Å². The summed E-state index contributed by atoms with van der Waals surface area (Å²) in [6.07, 6.45) is 8.26. The van der Waals surface area contributed by atoms with Crippen molar-refractivity contribution in [2.24, 2.45) is 0 Å². The van der Waals surface area contributed by atoms with Gasteiger partial charge in [-0.05, 0) is 38.3 Å². The molecule has 1 heterocycles. The summed E-state index contributed by atoms with van der Waals surface area (Å²) in [6.45, 7) is 0.187. The first-order valence-electron chi connectivity index (χ1n) is 7.66. The van der Waals surface area contributed by atoms with Crippen molar-refractivity contribution >= 4 is 0 Å². The van der Waals surface area contributed by atoms with Crippen LogP contribution in [0.25, 0.3) is 11.1 Å². The van der Waals surface area contributed by atoms with Crippen LogP contribution in [0.3, 0.4) is 0 Å². The fourth-order valence-electron chi connectivity index (χ4n) is 3.32. The highest BCUT2D eigenvalue weighted by Gasteiger charge is 2.35. The van der Waals surface area contributed by atoms with Crippen LogP contribution in [0.1, 0.15) is 31.7 Å². The zero-order chi connectivity index (χ0) is 14.7. The van der Waals surface area contributed by atoms with Crippen molar-refractivity contribution in [3.8, 4) is 11.1 Å². The van der Waals surface area contributed by atoms with E-state index in [0.717, 1.165) is 31.2 Å². The molecular formula is C17H23N3O. The van der Waals surface area contributed by atoms with Crippen LogP contribution in [-0.4, -0.2) is 34.1 Å². The molecule has 4 heteroatoms. The Balaban J connectivity index is 1.80. The highest BCUT2D eigenvalue weighted by molar-refractivity contribution is 5.61. The van der Waals surface area contributed by atoms with E-state index in [2.05, 4.69) is 33.4 Å². The summed E-state index contributed by atoms with van der Waals surface area (Å²) in [4.78, 5) is 0. The van der Waals surface area contributed by atoms with Gasteiger partial charge in [0.1, 0.15) is 0 Å². The molecule has 0 spiro atoms. The smallest absolute Gasteiger partial charge is 0.0614 e. The van der Waals surface area contributed by atoms with E-state index >= 15 is 0 Å². The molecule has 21 heavy (non-hydrogen) atoms. The summed E-state index contributed by atoms with van der Waals surface area (Å²) in [6, 6.07) is 10.7. The first kappa shape index (κ1) is 14.3. The molecular weight excluding hydrogens is 262 g/mol. The lowest BCUT2D eigenvalue weighted by Gasteiger charge is -2.39. The highest BCUT2D eigenvalue weighted by atomic mass is 16.3. The Morgan fingerprint density at radius 2 is 2.14 bits per heavy atom. The van der Waals surface area contributed by atoms with Gasteiger partial charge in [-0.25, -0.2) is 0 Å². The van der Waals surface area contributed by atoms with E-state index in [1.165, 1.54) is 5.56 Å². The maximum absolute atomic E-state index is 9.70. The van der Waals surface area contributed by atoms with Crippen LogP contribution in [0, 0.1) is 0 Å². The van der Waals surface area contributed by atoms with E-state index in [-0.39, 0.29) is 12.1 Å². The predicted octanol–water partition coefficient (Wildman–Crippen LogP) is 2.62. The lowest BCUT2D eigenvalue weighted by atomic mass is 9.79. The molecule has 2 unspecified atom stereocenters. The van der Waals surface area contributed by atoms with Gasteiger partial charge in [0.25, 0.3) is 0 Å². The molecule has 112 valence electrons. The average Bonchev–Trinajstić information content (AvgIpc) is 3.06. The third-order valence-corrected chi connectivity index (χ3v) is 4.73. The van der Waals surface area contributed by atoms with Crippen molar-refractivity contribution in [1.29, 1.82) is 0 Å². The molecule has 1 aromatic carbocycles. The lowest BCUT2D eigenvalue weighted by Crippen LogP contribution is -2.50. The van der Waals surface area contributed by atoms with Crippen LogP contribution < -0.4 is 5.32 Å². The second kappa shape index (κ2) is 6.00. The Hall–Kier alpha value is -1.65. The van der Waals surface area contributed by atoms with Crippen LogP contribution in [0.15, 0.2) is 42.7 Å². The molecule has 0 amide bonds. The summed E-state index contributed by atoms with van der Waals surface area (Å²) in [7, 11) is 1.94. The normalized spacial score (nSPS) is 25.9. The molecule has 2 N–H and O–H groups in total. The quantitative estimate of drug-likeness (QED) is 0.908. The Morgan fingerprint density at radius 1 is 1.33 bits per heavy atom. The van der Waals surface area contributed by atoms with Crippen molar-refractivity contribution in [3.05, 3.63) is 42.7 Å². The van der Waals surface area contributed by atoms with Gasteiger partial charge in [0, 0.05) is 17.3 Å². The average molecular weight is 285 g/mol. The van der Waals surface area contributed by atoms with Crippen LogP contribution in [0.4, 0.5) is 0 Å². The number of benzene rings is 1. The van der Waals surface area contributed by atoms with Gasteiger partial charge >= 0.3 is 0 Å². The van der Waals surface area contributed by atoms with Gasteiger partial charge in [-0.1, -0.05) is 30.3 Å². The van der Waals surface area contributed by atoms with Crippen molar-refractivity contribution in [1.82, 2.24) is 15.1 Å². The Morgan fingerprint density at radius 3 is 2.86 bits per heavy atom. The summed E-state index contributed by atoms with van der Waals surface area (Å²) >= 11 is 0. The van der Waals surface area contributed by atoms with Crippen LogP contribution in [0.5, 0.6) is 0 Å². The summed E-state index contributed by atoms with van der Waals surface area (Å²) in [5, 5.41) is 17.6. The Bertz CT molecular complexity index is 575. The molecule has 4 nitrogen and oxygen atoms in total. The molecule has 1 aliphatic rings. The zero-order valence-corrected chi connectivity index (χ0v) is 12.5. The van der Waals surface area contributed by atoms with Crippen LogP contribution >= 0.6 is 0 Å². The van der Waals surface area contributed by atoms with E-state index in [1.54, 1.807) is 0 Å². The third kappa shape index (κ3) is 2.87. The molecule has 0 bridgehead atoms. The number of hydrogen-bond acceptors (Lipinski definition) is 3. The minimum absolute atomic E-state index is 0.151. The predicted molar refractivity (Wildman–Crippen MR) is 84.0 cm³/mol. The molecule has 1 aromatic heterocycles. The molecule has 3 rings (SSSR count). The van der Waals surface area contributed by atoms with E-state index < -0.39 is 0 Å². The number of hydrogen-bond donors (Lipinski definition) is 2. The van der Waals surface area contributed by atoms with Gasteiger partial charge in [0.15, 0.2) is 0 Å². The number of nitrogens with zero attached hydrogens (tertiary/aromatic N) is 2. The second-order valence-corrected chi connectivity index (χ2v) is 6.01. The van der Waals surface area contributed by atoms with Gasteiger partial charge in [0.2, 0.25) is 0 Å². The number of likely N-dealkylation sites (N-methyl/N-ethyl adjacent to an activating group) is 1. The molecule has 2 atom stereocenters. The van der Waals surface area contributed by atoms with Crippen molar-refractivity contribution < 1.29 is 5.11 Å². The Kier molecular flexibility index (Phi) is 4.08. The van der Waals surface area contributed by atoms with Gasteiger partial charge in [-0.3, -0.25) is 4.68 Å². The molecule has 0 radical (unpaired) electrons. The molecule has 1 fully saturated rings. The third-order valence-electron chi connectivity index (χ3n) is 4.73. The van der Waals surface area contributed by atoms with E-state index in [1.807, 2.05) is 31.4 Å².